The van der Waals surface area contributed by atoms with Crippen molar-refractivity contribution in [1.29, 1.82) is 0 Å². The lowest BCUT2D eigenvalue weighted by Crippen LogP contribution is -2.43. The molecule has 2 aliphatic heterocycles. The highest BCUT2D eigenvalue weighted by Crippen LogP contribution is 2.40. The topological polar surface area (TPSA) is 26.8 Å². The average molecular weight is 402 g/mol. The van der Waals surface area contributed by atoms with Gasteiger partial charge in [0.25, 0.3) is 0 Å². The van der Waals surface area contributed by atoms with Gasteiger partial charge in [0.1, 0.15) is 0 Å². The number of anilines is 2. The van der Waals surface area contributed by atoms with Crippen LogP contribution in [0, 0.1) is 0 Å². The number of fused-ring (bicyclic) bond motifs is 2. The zero-order chi connectivity index (χ0) is 21.4. The first-order valence-corrected chi connectivity index (χ1v) is 10.6. The van der Waals surface area contributed by atoms with Gasteiger partial charge < -0.3 is 9.80 Å². The molecular formula is C26H31N3O. The largest absolute Gasteiger partial charge is 0.378 e. The van der Waals surface area contributed by atoms with E-state index in [1.165, 1.54) is 0 Å². The molecule has 2 aromatic carbocycles. The summed E-state index contributed by atoms with van der Waals surface area (Å²) in [5.74, 6) is 0.203. The van der Waals surface area contributed by atoms with Crippen LogP contribution in [0.2, 0.25) is 0 Å². The van der Waals surface area contributed by atoms with E-state index in [1.54, 1.807) is 0 Å². The fourth-order valence-electron chi connectivity index (χ4n) is 4.58. The van der Waals surface area contributed by atoms with Gasteiger partial charge in [0.15, 0.2) is 5.78 Å². The van der Waals surface area contributed by atoms with Crippen LogP contribution in [-0.2, 0) is 4.79 Å². The first kappa shape index (κ1) is 20.4. The van der Waals surface area contributed by atoms with Crippen molar-refractivity contribution in [2.24, 2.45) is 0 Å². The molecule has 0 aliphatic carbocycles. The van der Waals surface area contributed by atoms with Crippen molar-refractivity contribution in [3.05, 3.63) is 70.8 Å². The average Bonchev–Trinajstić information content (AvgIpc) is 3.04. The van der Waals surface area contributed by atoms with Gasteiger partial charge in [-0.3, -0.25) is 9.69 Å². The number of hydrogen-bond donors (Lipinski definition) is 0. The number of hydrogen-bond acceptors (Lipinski definition) is 4. The number of carbonyl (C=O) groups excluding carboxylic acids is 1. The Morgan fingerprint density at radius 1 is 0.733 bits per heavy atom. The van der Waals surface area contributed by atoms with Gasteiger partial charge in [0, 0.05) is 62.8 Å². The van der Waals surface area contributed by atoms with Crippen molar-refractivity contribution in [2.75, 3.05) is 45.0 Å². The number of likely N-dealkylation sites (N-methyl/N-ethyl adjacent to an activating group) is 1. The van der Waals surface area contributed by atoms with Crippen molar-refractivity contribution in [2.45, 2.75) is 24.9 Å². The van der Waals surface area contributed by atoms with Crippen LogP contribution in [0.25, 0.3) is 12.2 Å². The Kier molecular flexibility index (Phi) is 5.52. The summed E-state index contributed by atoms with van der Waals surface area (Å²) in [5, 5.41) is 0. The lowest BCUT2D eigenvalue weighted by atomic mass is 9.88. The van der Waals surface area contributed by atoms with E-state index in [2.05, 4.69) is 82.4 Å². The van der Waals surface area contributed by atoms with Crippen LogP contribution >= 0.6 is 0 Å². The van der Waals surface area contributed by atoms with Crippen LogP contribution in [0.1, 0.15) is 24.0 Å². The molecule has 156 valence electrons. The second-order valence-electron chi connectivity index (χ2n) is 8.77. The number of piperidine rings is 1. The summed E-state index contributed by atoms with van der Waals surface area (Å²) in [6.07, 6.45) is 6.25. The van der Waals surface area contributed by atoms with Crippen LogP contribution in [-0.4, -0.2) is 58.0 Å². The molecule has 0 aromatic heterocycles. The van der Waals surface area contributed by atoms with Crippen molar-refractivity contribution in [3.63, 3.8) is 0 Å². The van der Waals surface area contributed by atoms with E-state index in [4.69, 9.17) is 0 Å². The van der Waals surface area contributed by atoms with Gasteiger partial charge in [-0.1, -0.05) is 24.3 Å². The van der Waals surface area contributed by atoms with Gasteiger partial charge in [0.2, 0.25) is 0 Å². The van der Waals surface area contributed by atoms with Gasteiger partial charge in [-0.2, -0.15) is 0 Å². The molecule has 4 nitrogen and oxygen atoms in total. The van der Waals surface area contributed by atoms with Gasteiger partial charge in [-0.15, -0.1) is 0 Å². The van der Waals surface area contributed by atoms with E-state index in [1.807, 2.05) is 28.2 Å². The molecule has 2 saturated heterocycles. The quantitative estimate of drug-likeness (QED) is 0.713. The molecule has 4 rings (SSSR count). The molecule has 4 heteroatoms. The van der Waals surface area contributed by atoms with E-state index in [0.717, 1.165) is 46.5 Å². The molecule has 2 atom stereocenters. The molecule has 0 N–H and O–H groups in total. The molecule has 2 aliphatic rings. The number of rotatable bonds is 4. The monoisotopic (exact) mass is 401 g/mol. The molecule has 2 heterocycles. The maximum Gasteiger partial charge on any atom is 0.188 e. The van der Waals surface area contributed by atoms with Gasteiger partial charge in [0.05, 0.1) is 0 Å². The van der Waals surface area contributed by atoms with Crippen molar-refractivity contribution in [3.8, 4) is 0 Å². The summed E-state index contributed by atoms with van der Waals surface area (Å²) in [5.41, 5.74) is 6.31. The van der Waals surface area contributed by atoms with Crippen molar-refractivity contribution >= 4 is 29.3 Å². The fourth-order valence-corrected chi connectivity index (χ4v) is 4.58. The molecule has 0 amide bonds. The molecule has 0 unspecified atom stereocenters. The van der Waals surface area contributed by atoms with Gasteiger partial charge >= 0.3 is 0 Å². The van der Waals surface area contributed by atoms with E-state index >= 15 is 0 Å². The Morgan fingerprint density at radius 2 is 1.10 bits per heavy atom. The Hall–Kier alpha value is -2.85. The molecule has 2 bridgehead atoms. The lowest BCUT2D eigenvalue weighted by molar-refractivity contribution is -0.114. The van der Waals surface area contributed by atoms with E-state index in [9.17, 15) is 4.79 Å². The zero-order valence-electron chi connectivity index (χ0n) is 18.6. The summed E-state index contributed by atoms with van der Waals surface area (Å²) in [6.45, 7) is 0. The number of benzene rings is 2. The lowest BCUT2D eigenvalue weighted by Gasteiger charge is -2.34. The summed E-state index contributed by atoms with van der Waals surface area (Å²) in [7, 11) is 10.3. The van der Waals surface area contributed by atoms with Gasteiger partial charge in [-0.25, -0.2) is 0 Å². The Bertz CT molecular complexity index is 904. The predicted molar refractivity (Wildman–Crippen MR) is 127 cm³/mol. The molecule has 0 spiro atoms. The third-order valence-electron chi connectivity index (χ3n) is 6.40. The first-order valence-electron chi connectivity index (χ1n) is 10.6. The number of carbonyl (C=O) groups is 1. The van der Waals surface area contributed by atoms with E-state index in [0.29, 0.717) is 0 Å². The smallest absolute Gasteiger partial charge is 0.188 e. The normalized spacial score (nSPS) is 24.0. The minimum atomic E-state index is 0.203. The first-order chi connectivity index (χ1) is 14.3. The van der Waals surface area contributed by atoms with Crippen LogP contribution in [0.3, 0.4) is 0 Å². The summed E-state index contributed by atoms with van der Waals surface area (Å²) < 4.78 is 0. The molecule has 2 aromatic rings. The zero-order valence-corrected chi connectivity index (χ0v) is 18.6. The van der Waals surface area contributed by atoms with Gasteiger partial charge in [-0.05, 0) is 67.4 Å². The van der Waals surface area contributed by atoms with Crippen molar-refractivity contribution < 1.29 is 4.79 Å². The van der Waals surface area contributed by atoms with Crippen LogP contribution in [0.4, 0.5) is 11.4 Å². The minimum absolute atomic E-state index is 0.203. The summed E-state index contributed by atoms with van der Waals surface area (Å²) in [4.78, 5) is 20.1. The molecule has 0 radical (unpaired) electrons. The number of Topliss-reactive ketones (excluding diaryl/α,β-unsaturated/α-hetero) is 1. The van der Waals surface area contributed by atoms with Crippen LogP contribution in [0.15, 0.2) is 59.7 Å². The maximum absolute atomic E-state index is 13.5. The summed E-state index contributed by atoms with van der Waals surface area (Å²) >= 11 is 0. The highest BCUT2D eigenvalue weighted by molar-refractivity contribution is 6.16. The number of nitrogens with zero attached hydrogens (tertiary/aromatic N) is 3. The van der Waals surface area contributed by atoms with Crippen molar-refractivity contribution in [1.82, 2.24) is 4.90 Å². The molecule has 0 saturated carbocycles. The minimum Gasteiger partial charge on any atom is -0.378 e. The predicted octanol–water partition coefficient (Wildman–Crippen LogP) is 4.33. The molecule has 30 heavy (non-hydrogen) atoms. The Morgan fingerprint density at radius 3 is 1.43 bits per heavy atom. The van der Waals surface area contributed by atoms with E-state index < -0.39 is 0 Å². The number of ketones is 1. The third kappa shape index (κ3) is 3.80. The fraction of sp³-hybridized carbons (Fsp3) is 0.346. The second-order valence-corrected chi connectivity index (χ2v) is 8.77. The summed E-state index contributed by atoms with van der Waals surface area (Å²) in [6, 6.07) is 17.2. The molecule has 2 fully saturated rings. The van der Waals surface area contributed by atoms with Crippen LogP contribution < -0.4 is 9.80 Å². The highest BCUT2D eigenvalue weighted by atomic mass is 16.1. The van der Waals surface area contributed by atoms with E-state index in [-0.39, 0.29) is 17.9 Å². The second kappa shape index (κ2) is 8.11. The third-order valence-corrected chi connectivity index (χ3v) is 6.40. The SMILES string of the molecule is CN(C)c1ccc(/C=C2/C(=O)/C(=C/c3ccc(N(C)C)cc3)[C@H]3CC[C@H]2N3C)cc1. The highest BCUT2D eigenvalue weighted by Gasteiger charge is 2.44. The van der Waals surface area contributed by atoms with Crippen LogP contribution in [0.5, 0.6) is 0 Å². The molecular weight excluding hydrogens is 370 g/mol. The Balaban J connectivity index is 1.68. The standard InChI is InChI=1S/C26H31N3O/c1-27(2)20-10-6-18(7-11-20)16-22-24-14-15-25(29(24)5)23(26(22)30)17-19-8-12-21(13-9-19)28(3)4/h6-13,16-17,24-25H,14-15H2,1-5H3/b22-16+,23-17+/t24-,25-/m1/s1. The maximum atomic E-state index is 13.5. The Labute approximate surface area is 180 Å².